The molecule has 0 atom stereocenters. The fraction of sp³-hybridized carbons (Fsp3) is 0. The minimum absolute atomic E-state index is 0. The van der Waals surface area contributed by atoms with Gasteiger partial charge >= 0.3 is 35.2 Å². The molecule has 0 unspecified atom stereocenters. The van der Waals surface area contributed by atoms with Crippen molar-refractivity contribution in [2.75, 3.05) is 0 Å². The molecule has 9 heteroatoms. The van der Waals surface area contributed by atoms with E-state index < -0.39 is 23.0 Å². The van der Waals surface area contributed by atoms with E-state index in [4.69, 9.17) is 12.2 Å². The van der Waals surface area contributed by atoms with Crippen molar-refractivity contribution in [3.05, 3.63) is 0 Å². The molecule has 0 rings (SSSR count). The van der Waals surface area contributed by atoms with Crippen molar-refractivity contribution in [1.82, 2.24) is 0 Å². The molecule has 0 saturated carbocycles. The van der Waals surface area contributed by atoms with E-state index in [1.54, 1.807) is 0 Å². The Morgan fingerprint density at radius 2 is 0.556 bits per heavy atom. The molecule has 4 nitrogen and oxygen atoms in total. The first-order valence-electron chi connectivity index (χ1n) is 0.894. The summed E-state index contributed by atoms with van der Waals surface area (Å²) in [6.45, 7) is 0. The molecule has 0 aliphatic heterocycles. The molecule has 0 aromatic carbocycles. The first kappa shape index (κ1) is 29.6. The summed E-state index contributed by atoms with van der Waals surface area (Å²) in [6, 6.07) is 0. The Kier molecular flexibility index (Phi) is 55.7. The molecule has 0 bridgehead atoms. The Hall–Kier alpha value is 6.53. The van der Waals surface area contributed by atoms with E-state index in [-0.39, 0.29) is 176 Å². The molecule has 0 aromatic heterocycles. The standard InChI is InChI=1S/4Ac.4H2O.Pb/h;;;;4*1H2;/q;;;;;;;;+4/p-4. The number of hydrogen-bond acceptors (Lipinski definition) is 4. The SMILES string of the molecule is [Ac].[Ac].[Ac].[Ac].[OH][Pb]([OH])([OH])[OH]. The van der Waals surface area contributed by atoms with Gasteiger partial charge in [-0.25, -0.2) is 0 Å². The van der Waals surface area contributed by atoms with Crippen molar-refractivity contribution in [3.8, 4) is 0 Å². The van der Waals surface area contributed by atoms with Gasteiger partial charge in [0.05, 0.1) is 0 Å². The third kappa shape index (κ3) is 53.5. The monoisotopic (exact) mass is 1180 g/mol. The second-order valence-electron chi connectivity index (χ2n) is 0.600. The van der Waals surface area contributed by atoms with Crippen LogP contribution in [0.1, 0.15) is 0 Å². The van der Waals surface area contributed by atoms with Crippen LogP contribution in [0.3, 0.4) is 0 Å². The van der Waals surface area contributed by atoms with Crippen LogP contribution in [-0.2, 0) is 0 Å². The van der Waals surface area contributed by atoms with E-state index in [1.165, 1.54) is 0 Å². The maximum atomic E-state index is 7.41. The van der Waals surface area contributed by atoms with E-state index >= 15 is 0 Å². The molecule has 4 radical (unpaired) electrons. The van der Waals surface area contributed by atoms with Crippen molar-refractivity contribution >= 4 is 23.0 Å². The second kappa shape index (κ2) is 16.9. The van der Waals surface area contributed by atoms with Crippen molar-refractivity contribution in [2.45, 2.75) is 0 Å². The summed E-state index contributed by atoms with van der Waals surface area (Å²) < 4.78 is 29.6. The first-order chi connectivity index (χ1) is 2.00. The molecule has 0 aliphatic carbocycles. The van der Waals surface area contributed by atoms with Gasteiger partial charge in [0.1, 0.15) is 0 Å². The molecular formula is H4Ac4O4Pb. The van der Waals surface area contributed by atoms with Gasteiger partial charge in [-0.3, -0.25) is 0 Å². The summed E-state index contributed by atoms with van der Waals surface area (Å²) in [6.07, 6.45) is 0. The first-order valence-corrected chi connectivity index (χ1v) is 7.85. The third-order valence-electron chi connectivity index (χ3n) is 0. The summed E-state index contributed by atoms with van der Waals surface area (Å²) in [5, 5.41) is 0. The molecule has 4 N–H and O–H groups in total. The minimum atomic E-state index is -5.28. The molecule has 0 saturated heterocycles. The summed E-state index contributed by atoms with van der Waals surface area (Å²) in [7, 11) is 0. The van der Waals surface area contributed by atoms with Gasteiger partial charge in [0.15, 0.2) is 0 Å². The molecule has 0 spiro atoms. The quantitative estimate of drug-likeness (QED) is 0.201. The molecule has 44 valence electrons. The van der Waals surface area contributed by atoms with Crippen LogP contribution in [0.2, 0.25) is 0 Å². The Morgan fingerprint density at radius 3 is 0.556 bits per heavy atom. The average Bonchev–Trinajstić information content (AvgIpc) is 0.722. The van der Waals surface area contributed by atoms with Crippen LogP contribution in [0.5, 0.6) is 0 Å². The van der Waals surface area contributed by atoms with E-state index in [0.717, 1.165) is 0 Å². The Labute approximate surface area is 204 Å². The van der Waals surface area contributed by atoms with Crippen LogP contribution in [0, 0.1) is 176 Å². The molecular weight excluding hydrogens is 1180 g/mol. The predicted octanol–water partition coefficient (Wildman–Crippen LogP) is -2.61. The summed E-state index contributed by atoms with van der Waals surface area (Å²) >= 11 is -5.28. The van der Waals surface area contributed by atoms with E-state index in [9.17, 15) is 0 Å². The molecule has 9 heavy (non-hydrogen) atoms. The van der Waals surface area contributed by atoms with Gasteiger partial charge in [-0.1, -0.05) is 0 Å². The van der Waals surface area contributed by atoms with Gasteiger partial charge in [0, 0.05) is 176 Å². The summed E-state index contributed by atoms with van der Waals surface area (Å²) in [5.74, 6) is 0. The van der Waals surface area contributed by atoms with Crippen molar-refractivity contribution < 1.29 is 188 Å². The zero-order valence-electron chi connectivity index (χ0n) is 4.60. The van der Waals surface area contributed by atoms with Gasteiger partial charge < -0.3 is 0 Å². The zero-order valence-corrected chi connectivity index (χ0v) is 27.5. The van der Waals surface area contributed by atoms with Gasteiger partial charge in [-0.2, -0.15) is 0 Å². The molecule has 0 heterocycles. The van der Waals surface area contributed by atoms with Gasteiger partial charge in [-0.15, -0.1) is 0 Å². The van der Waals surface area contributed by atoms with Crippen LogP contribution in [0.4, 0.5) is 0 Å². The van der Waals surface area contributed by atoms with Crippen LogP contribution < -0.4 is 0 Å². The number of hydrogen-bond donors (Lipinski definition) is 4. The Balaban J connectivity index is -0.0000000133. The third-order valence-corrected chi connectivity index (χ3v) is 0. The molecule has 0 fully saturated rings. The van der Waals surface area contributed by atoms with Crippen LogP contribution in [0.15, 0.2) is 0 Å². The van der Waals surface area contributed by atoms with Gasteiger partial charge in [-0.05, 0) is 0 Å². The topological polar surface area (TPSA) is 80.9 Å². The summed E-state index contributed by atoms with van der Waals surface area (Å²) in [4.78, 5) is 0. The normalized spacial score (nSPS) is 6.67. The zero-order chi connectivity index (χ0) is 4.50. The van der Waals surface area contributed by atoms with Crippen LogP contribution in [-0.4, -0.2) is 35.2 Å². The van der Waals surface area contributed by atoms with Crippen molar-refractivity contribution in [2.24, 2.45) is 0 Å². The van der Waals surface area contributed by atoms with E-state index in [0.29, 0.717) is 0 Å². The van der Waals surface area contributed by atoms with Gasteiger partial charge in [0.25, 0.3) is 0 Å². The molecule has 0 aromatic rings. The van der Waals surface area contributed by atoms with Gasteiger partial charge in [0.2, 0.25) is 0 Å². The number of rotatable bonds is 0. The summed E-state index contributed by atoms with van der Waals surface area (Å²) in [5.41, 5.74) is 0. The molecule has 0 amide bonds. The fourth-order valence-corrected chi connectivity index (χ4v) is 0. The van der Waals surface area contributed by atoms with Crippen molar-refractivity contribution in [3.63, 3.8) is 0 Å². The maximum absolute atomic E-state index is 7.41. The van der Waals surface area contributed by atoms with Crippen LogP contribution >= 0.6 is 0 Å². The van der Waals surface area contributed by atoms with E-state index in [2.05, 4.69) is 0 Å². The Morgan fingerprint density at radius 1 is 0.556 bits per heavy atom. The fourth-order valence-electron chi connectivity index (χ4n) is 0. The Bertz CT molecular complexity index is 28.0. The second-order valence-corrected chi connectivity index (χ2v) is 5.26. The van der Waals surface area contributed by atoms with Crippen molar-refractivity contribution in [1.29, 1.82) is 0 Å². The average molecular weight is 1180 g/mol. The van der Waals surface area contributed by atoms with Crippen LogP contribution in [0.25, 0.3) is 0 Å². The van der Waals surface area contributed by atoms with E-state index in [1.807, 2.05) is 0 Å². The predicted molar refractivity (Wildman–Crippen MR) is 14.6 cm³/mol. The molecule has 0 aliphatic rings.